The average Bonchev–Trinajstić information content (AvgIpc) is 3.07. The lowest BCUT2D eigenvalue weighted by Crippen LogP contribution is -2.35. The third-order valence-corrected chi connectivity index (χ3v) is 4.49. The number of halogens is 1. The lowest BCUT2D eigenvalue weighted by Gasteiger charge is -2.20. The largest absolute Gasteiger partial charge is 0.484 e. The maximum absolute atomic E-state index is 14.3. The number of hydrogen-bond acceptors (Lipinski definition) is 3. The Labute approximate surface area is 157 Å². The zero-order chi connectivity index (χ0) is 19.4. The predicted octanol–water partition coefficient (Wildman–Crippen LogP) is 3.46. The number of carbonyl (C=O) groups is 1. The van der Waals surface area contributed by atoms with Crippen molar-refractivity contribution in [3.63, 3.8) is 0 Å². The Morgan fingerprint density at radius 1 is 1.22 bits per heavy atom. The first-order valence-electron chi connectivity index (χ1n) is 8.67. The van der Waals surface area contributed by atoms with Gasteiger partial charge in [-0.05, 0) is 43.2 Å². The molecule has 0 bridgehead atoms. The van der Waals surface area contributed by atoms with Crippen LogP contribution in [0.5, 0.6) is 5.75 Å². The Morgan fingerprint density at radius 3 is 2.67 bits per heavy atom. The van der Waals surface area contributed by atoms with E-state index in [-0.39, 0.29) is 12.5 Å². The number of aromatic nitrogens is 2. The van der Waals surface area contributed by atoms with Crippen LogP contribution in [-0.4, -0.2) is 22.1 Å². The van der Waals surface area contributed by atoms with E-state index in [4.69, 9.17) is 4.74 Å². The van der Waals surface area contributed by atoms with Gasteiger partial charge in [-0.2, -0.15) is 0 Å². The second kappa shape index (κ2) is 8.03. The van der Waals surface area contributed by atoms with Crippen molar-refractivity contribution in [1.82, 2.24) is 14.9 Å². The summed E-state index contributed by atoms with van der Waals surface area (Å²) < 4.78 is 21.7. The van der Waals surface area contributed by atoms with Gasteiger partial charge in [-0.15, -0.1) is 0 Å². The van der Waals surface area contributed by atoms with E-state index in [0.717, 1.165) is 11.1 Å². The van der Waals surface area contributed by atoms with Crippen LogP contribution in [0, 0.1) is 19.7 Å². The average molecular weight is 367 g/mol. The maximum Gasteiger partial charge on any atom is 0.258 e. The van der Waals surface area contributed by atoms with Gasteiger partial charge in [0.2, 0.25) is 0 Å². The number of imidazole rings is 1. The fourth-order valence-corrected chi connectivity index (χ4v) is 2.80. The number of hydrogen-bond donors (Lipinski definition) is 1. The summed E-state index contributed by atoms with van der Waals surface area (Å²) in [5, 5.41) is 2.83. The van der Waals surface area contributed by atoms with E-state index in [0.29, 0.717) is 17.1 Å². The number of rotatable bonds is 6. The lowest BCUT2D eigenvalue weighted by atomic mass is 10.1. The smallest absolute Gasteiger partial charge is 0.258 e. The number of nitrogens with one attached hydrogen (secondary N) is 1. The third kappa shape index (κ3) is 4.34. The van der Waals surface area contributed by atoms with Crippen molar-refractivity contribution in [2.75, 3.05) is 6.61 Å². The normalized spacial score (nSPS) is 11.9. The molecule has 1 aromatic heterocycles. The zero-order valence-electron chi connectivity index (χ0n) is 15.6. The van der Waals surface area contributed by atoms with Crippen LogP contribution in [0.1, 0.15) is 28.6 Å². The molecule has 0 aliphatic rings. The van der Waals surface area contributed by atoms with E-state index in [1.165, 1.54) is 6.07 Å². The molecule has 0 radical (unpaired) electrons. The second-order valence-electron chi connectivity index (χ2n) is 6.45. The van der Waals surface area contributed by atoms with E-state index in [1.54, 1.807) is 42.2 Å². The molecular formula is C21H22FN3O2. The summed E-state index contributed by atoms with van der Waals surface area (Å²) in [5.74, 6) is 0.401. The van der Waals surface area contributed by atoms with E-state index in [1.807, 2.05) is 32.0 Å². The van der Waals surface area contributed by atoms with Gasteiger partial charge in [0.15, 0.2) is 6.61 Å². The molecule has 5 nitrogen and oxygen atoms in total. The molecule has 0 aliphatic carbocycles. The van der Waals surface area contributed by atoms with Gasteiger partial charge < -0.3 is 14.6 Å². The van der Waals surface area contributed by atoms with Gasteiger partial charge in [0.25, 0.3) is 5.91 Å². The van der Waals surface area contributed by atoms with Gasteiger partial charge in [-0.1, -0.05) is 24.3 Å². The van der Waals surface area contributed by atoms with Crippen molar-refractivity contribution in [2.45, 2.75) is 19.9 Å². The molecule has 0 fully saturated rings. The molecule has 0 saturated carbocycles. The first-order chi connectivity index (χ1) is 13.0. The van der Waals surface area contributed by atoms with Gasteiger partial charge in [-0.3, -0.25) is 4.79 Å². The molecule has 2 aromatic carbocycles. The van der Waals surface area contributed by atoms with Crippen molar-refractivity contribution in [3.8, 4) is 5.75 Å². The maximum atomic E-state index is 14.3. The number of nitrogens with zero attached hydrogens (tertiary/aromatic N) is 2. The third-order valence-electron chi connectivity index (χ3n) is 4.49. The van der Waals surface area contributed by atoms with E-state index in [9.17, 15) is 9.18 Å². The SMILES string of the molecule is Cc1ccc(OCC(=O)N[C@H](c2ccccc2F)c2nccn2C)cc1C. The molecule has 1 amide bonds. The fourth-order valence-electron chi connectivity index (χ4n) is 2.80. The van der Waals surface area contributed by atoms with Crippen molar-refractivity contribution >= 4 is 5.91 Å². The Kier molecular flexibility index (Phi) is 5.54. The van der Waals surface area contributed by atoms with Crippen LogP contribution in [0.4, 0.5) is 4.39 Å². The molecule has 6 heteroatoms. The molecule has 0 spiro atoms. The molecule has 0 saturated heterocycles. The Bertz CT molecular complexity index is 952. The summed E-state index contributed by atoms with van der Waals surface area (Å²) in [6.45, 7) is 3.83. The minimum Gasteiger partial charge on any atom is -0.484 e. The quantitative estimate of drug-likeness (QED) is 0.726. The molecule has 27 heavy (non-hydrogen) atoms. The second-order valence-corrected chi connectivity index (χ2v) is 6.45. The summed E-state index contributed by atoms with van der Waals surface area (Å²) in [6.07, 6.45) is 3.36. The van der Waals surface area contributed by atoms with E-state index < -0.39 is 11.9 Å². The summed E-state index contributed by atoms with van der Waals surface area (Å²) in [4.78, 5) is 16.7. The first-order valence-corrected chi connectivity index (χ1v) is 8.67. The first kappa shape index (κ1) is 18.6. The van der Waals surface area contributed by atoms with Gasteiger partial charge in [0, 0.05) is 25.0 Å². The highest BCUT2D eigenvalue weighted by atomic mass is 19.1. The molecule has 1 heterocycles. The summed E-state index contributed by atoms with van der Waals surface area (Å²) >= 11 is 0. The Hall–Kier alpha value is -3.15. The van der Waals surface area contributed by atoms with Crippen LogP contribution < -0.4 is 10.1 Å². The Balaban J connectivity index is 1.76. The standard InChI is InChI=1S/C21H22FN3O2/c1-14-8-9-16(12-15(14)2)27-13-19(26)24-20(21-23-10-11-25(21)3)17-6-4-5-7-18(17)22/h4-12,20H,13H2,1-3H3,(H,24,26)/t20-/m1/s1. The molecule has 1 N–H and O–H groups in total. The highest BCUT2D eigenvalue weighted by Gasteiger charge is 2.23. The van der Waals surface area contributed by atoms with E-state index >= 15 is 0 Å². The molecule has 1 atom stereocenters. The number of benzene rings is 2. The van der Waals surface area contributed by atoms with Crippen LogP contribution >= 0.6 is 0 Å². The number of amides is 1. The highest BCUT2D eigenvalue weighted by Crippen LogP contribution is 2.23. The van der Waals surface area contributed by atoms with E-state index in [2.05, 4.69) is 10.3 Å². The molecule has 3 rings (SSSR count). The summed E-state index contributed by atoms with van der Waals surface area (Å²) in [7, 11) is 1.80. The van der Waals surface area contributed by atoms with Gasteiger partial charge >= 0.3 is 0 Å². The summed E-state index contributed by atoms with van der Waals surface area (Å²) in [5.41, 5.74) is 2.60. The van der Waals surface area contributed by atoms with Crippen LogP contribution in [-0.2, 0) is 11.8 Å². The number of ether oxygens (including phenoxy) is 1. The minimum absolute atomic E-state index is 0.169. The van der Waals surface area contributed by atoms with Crippen LogP contribution in [0.15, 0.2) is 54.9 Å². The number of aryl methyl sites for hydroxylation is 3. The fraction of sp³-hybridized carbons (Fsp3) is 0.238. The predicted molar refractivity (Wildman–Crippen MR) is 101 cm³/mol. The Morgan fingerprint density at radius 2 is 2.00 bits per heavy atom. The molecule has 3 aromatic rings. The van der Waals surface area contributed by atoms with Gasteiger partial charge in [0.1, 0.15) is 23.4 Å². The van der Waals surface area contributed by atoms with Gasteiger partial charge in [0.05, 0.1) is 0 Å². The van der Waals surface area contributed by atoms with Gasteiger partial charge in [-0.25, -0.2) is 9.37 Å². The number of carbonyl (C=O) groups excluding carboxylic acids is 1. The van der Waals surface area contributed by atoms with Crippen LogP contribution in [0.3, 0.4) is 0 Å². The van der Waals surface area contributed by atoms with Crippen molar-refractivity contribution in [1.29, 1.82) is 0 Å². The monoisotopic (exact) mass is 367 g/mol. The van der Waals surface area contributed by atoms with Crippen LogP contribution in [0.25, 0.3) is 0 Å². The lowest BCUT2D eigenvalue weighted by molar-refractivity contribution is -0.123. The topological polar surface area (TPSA) is 56.1 Å². The molecule has 0 aliphatic heterocycles. The van der Waals surface area contributed by atoms with Crippen molar-refractivity contribution < 1.29 is 13.9 Å². The highest BCUT2D eigenvalue weighted by molar-refractivity contribution is 5.78. The molecule has 140 valence electrons. The summed E-state index contributed by atoms with van der Waals surface area (Å²) in [6, 6.07) is 11.3. The minimum atomic E-state index is -0.706. The van der Waals surface area contributed by atoms with Crippen molar-refractivity contribution in [3.05, 3.63) is 83.2 Å². The van der Waals surface area contributed by atoms with Crippen molar-refractivity contribution in [2.24, 2.45) is 7.05 Å². The molecule has 0 unspecified atom stereocenters. The van der Waals surface area contributed by atoms with Crippen LogP contribution in [0.2, 0.25) is 0 Å². The molecular weight excluding hydrogens is 345 g/mol. The zero-order valence-corrected chi connectivity index (χ0v) is 15.6.